The van der Waals surface area contributed by atoms with Crippen molar-refractivity contribution < 1.29 is 42.9 Å². The van der Waals surface area contributed by atoms with E-state index in [0.29, 0.717) is 17.4 Å². The third kappa shape index (κ3) is 62.9. The van der Waals surface area contributed by atoms with E-state index in [0.717, 1.165) is 122 Å². The molecule has 0 aromatic carbocycles. The minimum atomic E-state index is -1.52. The number of rotatable bonds is 58. The number of carbonyl (C=O) groups excluding carboxylic acids is 2. The van der Waals surface area contributed by atoms with E-state index in [1.807, 2.05) is 21.1 Å². The van der Waals surface area contributed by atoms with E-state index in [2.05, 4.69) is 148 Å². The summed E-state index contributed by atoms with van der Waals surface area (Å²) in [5.41, 5.74) is 0. The van der Waals surface area contributed by atoms with Gasteiger partial charge in [-0.3, -0.25) is 9.59 Å². The van der Waals surface area contributed by atoms with Gasteiger partial charge in [-0.1, -0.05) is 250 Å². The van der Waals surface area contributed by atoms with Gasteiger partial charge in [-0.15, -0.1) is 0 Å². The molecule has 0 aliphatic rings. The van der Waals surface area contributed by atoms with E-state index >= 15 is 0 Å². The van der Waals surface area contributed by atoms with Crippen LogP contribution in [0.3, 0.4) is 0 Å². The number of esters is 2. The summed E-state index contributed by atoms with van der Waals surface area (Å²) in [5.74, 6) is -2.03. The van der Waals surface area contributed by atoms with Gasteiger partial charge in [0.2, 0.25) is 0 Å². The van der Waals surface area contributed by atoms with Gasteiger partial charge in [0.15, 0.2) is 6.10 Å². The van der Waals surface area contributed by atoms with Crippen LogP contribution in [-0.4, -0.2) is 87.4 Å². The summed E-state index contributed by atoms with van der Waals surface area (Å²) < 4.78 is 22.9. The highest BCUT2D eigenvalue weighted by Gasteiger charge is 2.25. The normalized spacial score (nSPS) is 13.6. The number of aliphatic carboxylic acids is 1. The second kappa shape index (κ2) is 61.5. The van der Waals surface area contributed by atoms with Gasteiger partial charge in [0.05, 0.1) is 34.4 Å². The predicted molar refractivity (Wildman–Crippen MR) is 345 cm³/mol. The number of likely N-dealkylation sites (N-methyl/N-ethyl adjacent to an activating group) is 1. The predicted octanol–water partition coefficient (Wildman–Crippen LogP) is 19.8. The molecular formula is C72H120NO8+. The molecule has 9 heteroatoms. The molecule has 0 aliphatic carbocycles. The number of allylic oxidation sites excluding steroid dienone is 22. The molecule has 0 bridgehead atoms. The Labute approximate surface area is 497 Å². The van der Waals surface area contributed by atoms with Crippen LogP contribution in [0, 0.1) is 0 Å². The zero-order valence-corrected chi connectivity index (χ0v) is 52.4. The van der Waals surface area contributed by atoms with Crippen molar-refractivity contribution in [3.8, 4) is 0 Å². The monoisotopic (exact) mass is 1130 g/mol. The van der Waals surface area contributed by atoms with Gasteiger partial charge in [0, 0.05) is 12.8 Å². The Kier molecular flexibility index (Phi) is 58.0. The van der Waals surface area contributed by atoms with E-state index < -0.39 is 24.3 Å². The lowest BCUT2D eigenvalue weighted by Crippen LogP contribution is -2.40. The summed E-state index contributed by atoms with van der Waals surface area (Å²) in [6.07, 6.45) is 85.4. The van der Waals surface area contributed by atoms with Crippen molar-refractivity contribution in [2.45, 2.75) is 257 Å². The van der Waals surface area contributed by atoms with Crippen molar-refractivity contribution in [3.63, 3.8) is 0 Å². The molecule has 0 saturated carbocycles. The molecule has 2 atom stereocenters. The van der Waals surface area contributed by atoms with Gasteiger partial charge >= 0.3 is 17.9 Å². The number of carbonyl (C=O) groups is 3. The standard InChI is InChI=1S/C72H119NO8/c1-6-8-10-12-14-16-18-20-22-24-25-26-27-28-29-30-31-32-33-34-35-36-37-38-39-40-41-42-43-44-45-47-49-51-53-55-57-59-61-63-70(75)81-68(67-80-72(71(76)77)78-65-64-73(3,4)5)66-79-69(74)62-60-58-56-54-52-50-48-46-23-21-19-17-15-13-11-9-7-2/h8,10,14-17,20-23,25-26,28-29,31-32,34-35,37-38,40-41,68,72H,6-7,9,11-13,18-19,24,27,30,33,36,39,42-67H2,1-5H3/p+1/b10-8-,16-14-,17-15-,22-20-,23-21-,26-25-,29-28-,32-31-,35-34-,38-37-,41-40-. The van der Waals surface area contributed by atoms with Crippen LogP contribution in [0.15, 0.2) is 134 Å². The molecule has 0 radical (unpaired) electrons. The van der Waals surface area contributed by atoms with Crippen LogP contribution in [0.5, 0.6) is 0 Å². The van der Waals surface area contributed by atoms with Gasteiger partial charge < -0.3 is 28.5 Å². The Bertz CT molecular complexity index is 1790. The molecular weight excluding hydrogens is 1010 g/mol. The summed E-state index contributed by atoms with van der Waals surface area (Å²) >= 11 is 0. The Morgan fingerprint density at radius 2 is 0.704 bits per heavy atom. The number of quaternary nitrogens is 1. The summed E-state index contributed by atoms with van der Waals surface area (Å²) in [6, 6.07) is 0. The molecule has 0 aromatic heterocycles. The number of hydrogen-bond acceptors (Lipinski definition) is 7. The van der Waals surface area contributed by atoms with Crippen LogP contribution >= 0.6 is 0 Å². The Balaban J connectivity index is 4.15. The zero-order valence-electron chi connectivity index (χ0n) is 52.4. The molecule has 460 valence electrons. The van der Waals surface area contributed by atoms with Crippen LogP contribution in [0.1, 0.15) is 245 Å². The Hall–Kier alpha value is -4.57. The molecule has 9 nitrogen and oxygen atoms in total. The number of carboxylic acid groups (broad SMARTS) is 1. The number of ether oxygens (including phenoxy) is 4. The highest BCUT2D eigenvalue weighted by molar-refractivity contribution is 5.71. The largest absolute Gasteiger partial charge is 0.477 e. The van der Waals surface area contributed by atoms with E-state index in [1.54, 1.807) is 0 Å². The van der Waals surface area contributed by atoms with Crippen LogP contribution in [0.2, 0.25) is 0 Å². The fraction of sp³-hybridized carbons (Fsp3) is 0.653. The summed E-state index contributed by atoms with van der Waals surface area (Å²) in [7, 11) is 5.96. The maximum absolute atomic E-state index is 12.9. The molecule has 0 rings (SSSR count). The molecule has 0 aliphatic heterocycles. The molecule has 0 spiro atoms. The van der Waals surface area contributed by atoms with E-state index in [9.17, 15) is 19.5 Å². The Morgan fingerprint density at radius 1 is 0.383 bits per heavy atom. The molecule has 0 fully saturated rings. The van der Waals surface area contributed by atoms with E-state index in [4.69, 9.17) is 18.9 Å². The van der Waals surface area contributed by atoms with Gasteiger partial charge in [0.25, 0.3) is 6.29 Å². The minimum Gasteiger partial charge on any atom is -0.477 e. The fourth-order valence-electron chi connectivity index (χ4n) is 8.45. The lowest BCUT2D eigenvalue weighted by Gasteiger charge is -2.25. The third-order valence-electron chi connectivity index (χ3n) is 13.4. The van der Waals surface area contributed by atoms with Crippen LogP contribution in [-0.2, 0) is 33.3 Å². The highest BCUT2D eigenvalue weighted by Crippen LogP contribution is 2.15. The Morgan fingerprint density at radius 3 is 1.05 bits per heavy atom. The highest BCUT2D eigenvalue weighted by atomic mass is 16.7. The number of unbranched alkanes of at least 4 members (excludes halogenated alkanes) is 21. The smallest absolute Gasteiger partial charge is 0.361 e. The summed E-state index contributed by atoms with van der Waals surface area (Å²) in [5, 5.41) is 9.72. The molecule has 0 aromatic rings. The van der Waals surface area contributed by atoms with Crippen molar-refractivity contribution in [2.75, 3.05) is 47.5 Å². The van der Waals surface area contributed by atoms with Crippen LogP contribution in [0.4, 0.5) is 0 Å². The topological polar surface area (TPSA) is 108 Å². The maximum atomic E-state index is 12.9. The quantitative estimate of drug-likeness (QED) is 0.0211. The van der Waals surface area contributed by atoms with Gasteiger partial charge in [0.1, 0.15) is 13.2 Å². The summed E-state index contributed by atoms with van der Waals surface area (Å²) in [6.45, 7) is 4.72. The average Bonchev–Trinajstić information content (AvgIpc) is 3.44. The van der Waals surface area contributed by atoms with Gasteiger partial charge in [-0.25, -0.2) is 4.79 Å². The number of nitrogens with zero attached hydrogens (tertiary/aromatic N) is 1. The van der Waals surface area contributed by atoms with Crippen molar-refractivity contribution >= 4 is 17.9 Å². The lowest BCUT2D eigenvalue weighted by atomic mass is 10.0. The fourth-order valence-corrected chi connectivity index (χ4v) is 8.45. The lowest BCUT2D eigenvalue weighted by molar-refractivity contribution is -0.870. The number of carboxylic acids is 1. The first kappa shape index (κ1) is 76.4. The molecule has 0 amide bonds. The van der Waals surface area contributed by atoms with Crippen LogP contribution < -0.4 is 0 Å². The first-order valence-electron chi connectivity index (χ1n) is 32.3. The first-order valence-corrected chi connectivity index (χ1v) is 32.3. The van der Waals surface area contributed by atoms with E-state index in [1.165, 1.54) is 89.9 Å². The summed E-state index contributed by atoms with van der Waals surface area (Å²) in [4.78, 5) is 37.5. The molecule has 1 N–H and O–H groups in total. The third-order valence-corrected chi connectivity index (χ3v) is 13.4. The van der Waals surface area contributed by atoms with E-state index in [-0.39, 0.29) is 38.6 Å². The van der Waals surface area contributed by atoms with Crippen molar-refractivity contribution in [2.24, 2.45) is 0 Å². The van der Waals surface area contributed by atoms with Crippen molar-refractivity contribution in [1.82, 2.24) is 0 Å². The van der Waals surface area contributed by atoms with Gasteiger partial charge in [-0.2, -0.15) is 0 Å². The minimum absolute atomic E-state index is 0.180. The maximum Gasteiger partial charge on any atom is 0.361 e. The molecule has 81 heavy (non-hydrogen) atoms. The molecule has 2 unspecified atom stereocenters. The zero-order chi connectivity index (χ0) is 59.1. The second-order valence-corrected chi connectivity index (χ2v) is 22.3. The average molecular weight is 1130 g/mol. The second-order valence-electron chi connectivity index (χ2n) is 22.3. The van der Waals surface area contributed by atoms with Crippen molar-refractivity contribution in [3.05, 3.63) is 134 Å². The number of hydrogen-bond donors (Lipinski definition) is 1. The SMILES string of the molecule is CC/C=C\C/C=C\C/C=C\C/C=C\C/C=C\C/C=C\C/C=C\C/C=C\C/C=C\CCCCCCCCCCCCCC(=O)OC(COC(=O)CCCCCCCCC/C=C\C/C=C\CCCCC)COC(OCC[N+](C)(C)C)C(=O)O. The van der Waals surface area contributed by atoms with Crippen molar-refractivity contribution in [1.29, 1.82) is 0 Å². The van der Waals surface area contributed by atoms with Gasteiger partial charge in [-0.05, 0) is 116 Å². The molecule has 0 saturated heterocycles. The molecule has 0 heterocycles. The first-order chi connectivity index (χ1) is 39.6. The van der Waals surface area contributed by atoms with Crippen LogP contribution in [0.25, 0.3) is 0 Å².